The van der Waals surface area contributed by atoms with Gasteiger partial charge >= 0.3 is 0 Å². The van der Waals surface area contributed by atoms with Crippen LogP contribution in [-0.2, 0) is 4.79 Å². The van der Waals surface area contributed by atoms with Crippen molar-refractivity contribution in [2.24, 2.45) is 5.10 Å². The lowest BCUT2D eigenvalue weighted by molar-refractivity contribution is -0.120. The van der Waals surface area contributed by atoms with Gasteiger partial charge in [0, 0.05) is 11.4 Å². The van der Waals surface area contributed by atoms with Crippen LogP contribution in [0, 0.1) is 13.8 Å². The van der Waals surface area contributed by atoms with E-state index in [-0.39, 0.29) is 11.2 Å². The second-order valence-corrected chi connectivity index (χ2v) is 7.15. The molecule has 7 heteroatoms. The Morgan fingerprint density at radius 1 is 1.27 bits per heavy atom. The molecule has 2 aromatic rings. The predicted octanol–water partition coefficient (Wildman–Crippen LogP) is 3.51. The van der Waals surface area contributed by atoms with Crippen molar-refractivity contribution in [2.45, 2.75) is 44.5 Å². The number of aryl methyl sites for hydroxylation is 2. The van der Waals surface area contributed by atoms with Crippen LogP contribution in [0.5, 0.6) is 5.75 Å². The molecular formula is C19H24N4O2S. The van der Waals surface area contributed by atoms with Gasteiger partial charge in [-0.2, -0.15) is 5.10 Å². The van der Waals surface area contributed by atoms with Crippen LogP contribution in [0.1, 0.15) is 37.2 Å². The Balaban J connectivity index is 1.85. The van der Waals surface area contributed by atoms with Crippen LogP contribution in [0.3, 0.4) is 0 Å². The van der Waals surface area contributed by atoms with Gasteiger partial charge in [0.1, 0.15) is 5.75 Å². The summed E-state index contributed by atoms with van der Waals surface area (Å²) in [5.41, 5.74) is 5.21. The lowest BCUT2D eigenvalue weighted by atomic mass is 10.2. The summed E-state index contributed by atoms with van der Waals surface area (Å²) in [6.45, 7) is 8.38. The van der Waals surface area contributed by atoms with Gasteiger partial charge in [0.15, 0.2) is 5.16 Å². The first-order chi connectivity index (χ1) is 12.5. The highest BCUT2D eigenvalue weighted by Crippen LogP contribution is 2.20. The van der Waals surface area contributed by atoms with Crippen LogP contribution in [0.15, 0.2) is 40.6 Å². The minimum absolute atomic E-state index is 0.197. The van der Waals surface area contributed by atoms with Crippen molar-refractivity contribution in [3.8, 4) is 5.75 Å². The summed E-state index contributed by atoms with van der Waals surface area (Å²) in [6.07, 6.45) is 2.57. The van der Waals surface area contributed by atoms with Crippen molar-refractivity contribution in [3.63, 3.8) is 0 Å². The molecule has 0 aliphatic carbocycles. The van der Waals surface area contributed by atoms with Crippen molar-refractivity contribution in [2.75, 3.05) is 6.61 Å². The quantitative estimate of drug-likeness (QED) is 0.332. The van der Waals surface area contributed by atoms with E-state index in [4.69, 9.17) is 4.74 Å². The molecule has 1 amide bonds. The number of thioether (sulfide) groups is 1. The fraction of sp³-hybridized carbons (Fsp3) is 0.368. The molecule has 0 radical (unpaired) electrons. The fourth-order valence-corrected chi connectivity index (χ4v) is 2.96. The Morgan fingerprint density at radius 2 is 1.92 bits per heavy atom. The van der Waals surface area contributed by atoms with E-state index >= 15 is 0 Å². The van der Waals surface area contributed by atoms with Gasteiger partial charge in [0.05, 0.1) is 18.1 Å². The van der Waals surface area contributed by atoms with Gasteiger partial charge in [-0.05, 0) is 63.1 Å². The maximum atomic E-state index is 12.2. The molecule has 6 nitrogen and oxygen atoms in total. The fourth-order valence-electron chi connectivity index (χ4n) is 2.09. The molecule has 26 heavy (non-hydrogen) atoms. The van der Waals surface area contributed by atoms with Gasteiger partial charge in [-0.25, -0.2) is 15.4 Å². The zero-order chi connectivity index (χ0) is 18.9. The first-order valence-corrected chi connectivity index (χ1v) is 9.40. The summed E-state index contributed by atoms with van der Waals surface area (Å²) in [6, 6.07) is 9.45. The summed E-state index contributed by atoms with van der Waals surface area (Å²) in [4.78, 5) is 20.8. The van der Waals surface area contributed by atoms with Gasteiger partial charge in [-0.15, -0.1) is 0 Å². The molecule has 0 aliphatic heterocycles. The number of hydrogen-bond donors (Lipinski definition) is 1. The van der Waals surface area contributed by atoms with Crippen molar-refractivity contribution >= 4 is 23.9 Å². The number of benzene rings is 1. The SMILES string of the molecule is CCCOc1ccc(C=NNC(=O)C(C)Sc2nc(C)cc(C)n2)cc1. The van der Waals surface area contributed by atoms with Crippen molar-refractivity contribution < 1.29 is 9.53 Å². The first-order valence-electron chi connectivity index (χ1n) is 8.52. The monoisotopic (exact) mass is 372 g/mol. The number of nitrogens with one attached hydrogen (secondary N) is 1. The van der Waals surface area contributed by atoms with Gasteiger partial charge in [0.25, 0.3) is 5.91 Å². The Hall–Kier alpha value is -2.41. The number of hydrazone groups is 1. The molecular weight excluding hydrogens is 348 g/mol. The lowest BCUT2D eigenvalue weighted by Crippen LogP contribution is -2.27. The smallest absolute Gasteiger partial charge is 0.253 e. The molecule has 0 fully saturated rings. The highest BCUT2D eigenvalue weighted by atomic mass is 32.2. The average Bonchev–Trinajstić information content (AvgIpc) is 2.60. The highest BCUT2D eigenvalue weighted by Gasteiger charge is 2.15. The van der Waals surface area contributed by atoms with Crippen LogP contribution in [-0.4, -0.2) is 33.9 Å². The number of ether oxygens (including phenoxy) is 1. The molecule has 0 spiro atoms. The van der Waals surface area contributed by atoms with E-state index in [2.05, 4.69) is 27.4 Å². The number of rotatable bonds is 8. The summed E-state index contributed by atoms with van der Waals surface area (Å²) in [5, 5.41) is 4.26. The zero-order valence-electron chi connectivity index (χ0n) is 15.5. The third-order valence-electron chi connectivity index (χ3n) is 3.35. The van der Waals surface area contributed by atoms with Crippen LogP contribution in [0.4, 0.5) is 0 Å². The van der Waals surface area contributed by atoms with Crippen LogP contribution >= 0.6 is 11.8 Å². The number of carbonyl (C=O) groups excluding carboxylic acids is 1. The van der Waals surface area contributed by atoms with Crippen molar-refractivity contribution in [1.82, 2.24) is 15.4 Å². The second kappa shape index (κ2) is 9.91. The second-order valence-electron chi connectivity index (χ2n) is 5.85. The Morgan fingerprint density at radius 3 is 2.54 bits per heavy atom. The standard InChI is InChI=1S/C19H24N4O2S/c1-5-10-25-17-8-6-16(7-9-17)12-20-23-18(24)15(4)26-19-21-13(2)11-14(3)22-19/h6-9,11-12,15H,5,10H2,1-4H3,(H,23,24). The molecule has 1 heterocycles. The molecule has 0 bridgehead atoms. The lowest BCUT2D eigenvalue weighted by Gasteiger charge is -2.09. The van der Waals surface area contributed by atoms with E-state index in [1.807, 2.05) is 44.2 Å². The third-order valence-corrected chi connectivity index (χ3v) is 4.32. The summed E-state index contributed by atoms with van der Waals surface area (Å²) < 4.78 is 5.53. The van der Waals surface area contributed by atoms with Crippen LogP contribution < -0.4 is 10.2 Å². The van der Waals surface area contributed by atoms with Crippen molar-refractivity contribution in [1.29, 1.82) is 0 Å². The highest BCUT2D eigenvalue weighted by molar-refractivity contribution is 8.00. The van der Waals surface area contributed by atoms with Gasteiger partial charge in [0.2, 0.25) is 0 Å². The Labute approximate surface area is 158 Å². The number of carbonyl (C=O) groups is 1. The largest absolute Gasteiger partial charge is 0.494 e. The topological polar surface area (TPSA) is 76.5 Å². The van der Waals surface area contributed by atoms with E-state index in [1.165, 1.54) is 11.8 Å². The molecule has 0 aliphatic rings. The maximum absolute atomic E-state index is 12.2. The Kier molecular flexibility index (Phi) is 7.59. The third kappa shape index (κ3) is 6.48. The van der Waals surface area contributed by atoms with E-state index < -0.39 is 0 Å². The average molecular weight is 372 g/mol. The minimum Gasteiger partial charge on any atom is -0.494 e. The van der Waals surface area contributed by atoms with E-state index in [1.54, 1.807) is 13.1 Å². The molecule has 1 unspecified atom stereocenters. The van der Waals surface area contributed by atoms with E-state index in [0.717, 1.165) is 29.1 Å². The predicted molar refractivity (Wildman–Crippen MR) is 105 cm³/mol. The first kappa shape index (κ1) is 19.9. The van der Waals surface area contributed by atoms with Crippen LogP contribution in [0.25, 0.3) is 0 Å². The zero-order valence-corrected chi connectivity index (χ0v) is 16.3. The summed E-state index contributed by atoms with van der Waals surface area (Å²) >= 11 is 1.31. The Bertz CT molecular complexity index is 742. The molecule has 1 atom stereocenters. The summed E-state index contributed by atoms with van der Waals surface area (Å²) in [5.74, 6) is 0.628. The summed E-state index contributed by atoms with van der Waals surface area (Å²) in [7, 11) is 0. The molecule has 0 saturated heterocycles. The molecule has 1 aromatic heterocycles. The van der Waals surface area contributed by atoms with Gasteiger partial charge in [-0.1, -0.05) is 18.7 Å². The van der Waals surface area contributed by atoms with E-state index in [9.17, 15) is 4.79 Å². The van der Waals surface area contributed by atoms with Gasteiger partial charge in [-0.3, -0.25) is 4.79 Å². The molecule has 0 saturated carbocycles. The molecule has 1 N–H and O–H groups in total. The number of hydrogen-bond acceptors (Lipinski definition) is 6. The van der Waals surface area contributed by atoms with Crippen LogP contribution in [0.2, 0.25) is 0 Å². The molecule has 1 aromatic carbocycles. The van der Waals surface area contributed by atoms with E-state index in [0.29, 0.717) is 11.8 Å². The maximum Gasteiger partial charge on any atom is 0.253 e. The number of aromatic nitrogens is 2. The molecule has 2 rings (SSSR count). The number of nitrogens with zero attached hydrogens (tertiary/aromatic N) is 3. The number of amides is 1. The minimum atomic E-state index is -0.349. The van der Waals surface area contributed by atoms with Crippen molar-refractivity contribution in [3.05, 3.63) is 47.3 Å². The van der Waals surface area contributed by atoms with Gasteiger partial charge < -0.3 is 4.74 Å². The molecule has 138 valence electrons. The normalized spacial score (nSPS) is 12.2.